The Labute approximate surface area is 129 Å². The number of carbonyl (C=O) groups is 1. The molecule has 0 aliphatic carbocycles. The van der Waals surface area contributed by atoms with Crippen molar-refractivity contribution in [3.63, 3.8) is 0 Å². The molecule has 0 atom stereocenters. The first kappa shape index (κ1) is 17.2. The Morgan fingerprint density at radius 3 is 2.57 bits per heavy atom. The zero-order valence-corrected chi connectivity index (χ0v) is 11.9. The molecule has 0 unspecified atom stereocenters. The van der Waals surface area contributed by atoms with Gasteiger partial charge in [-0.3, -0.25) is 19.8 Å². The molecular formula is C13H14F3N3O4. The van der Waals surface area contributed by atoms with Crippen molar-refractivity contribution in [2.24, 2.45) is 0 Å². The van der Waals surface area contributed by atoms with E-state index in [-0.39, 0.29) is 6.54 Å². The highest BCUT2D eigenvalue weighted by atomic mass is 19.4. The highest BCUT2D eigenvalue weighted by molar-refractivity contribution is 5.93. The number of nitro benzene ring substituents is 1. The number of carbonyl (C=O) groups excluding carboxylic acids is 1. The van der Waals surface area contributed by atoms with Crippen LogP contribution in [-0.2, 0) is 15.7 Å². The van der Waals surface area contributed by atoms with Gasteiger partial charge in [0.15, 0.2) is 0 Å². The minimum Gasteiger partial charge on any atom is -0.379 e. The first-order valence-electron chi connectivity index (χ1n) is 6.73. The second kappa shape index (κ2) is 6.92. The number of non-ortho nitro benzene ring substituents is 1. The Morgan fingerprint density at radius 1 is 1.35 bits per heavy atom. The zero-order valence-electron chi connectivity index (χ0n) is 11.9. The summed E-state index contributed by atoms with van der Waals surface area (Å²) in [6, 6.07) is 2.21. The van der Waals surface area contributed by atoms with Gasteiger partial charge in [0.05, 0.1) is 35.9 Å². The van der Waals surface area contributed by atoms with Crippen molar-refractivity contribution in [1.29, 1.82) is 0 Å². The predicted molar refractivity (Wildman–Crippen MR) is 74.0 cm³/mol. The number of hydrogen-bond acceptors (Lipinski definition) is 5. The van der Waals surface area contributed by atoms with Crippen LogP contribution < -0.4 is 5.32 Å². The van der Waals surface area contributed by atoms with Crippen molar-refractivity contribution in [1.82, 2.24) is 4.90 Å². The maximum absolute atomic E-state index is 13.0. The number of benzene rings is 1. The van der Waals surface area contributed by atoms with E-state index in [0.29, 0.717) is 32.4 Å². The van der Waals surface area contributed by atoms with Crippen molar-refractivity contribution in [2.45, 2.75) is 6.18 Å². The number of nitrogens with one attached hydrogen (secondary N) is 1. The van der Waals surface area contributed by atoms with Crippen LogP contribution in [0.25, 0.3) is 0 Å². The number of halogens is 3. The molecule has 0 spiro atoms. The summed E-state index contributed by atoms with van der Waals surface area (Å²) in [5, 5.41) is 12.8. The van der Waals surface area contributed by atoms with E-state index in [1.54, 1.807) is 4.90 Å². The van der Waals surface area contributed by atoms with Crippen LogP contribution in [0.4, 0.5) is 24.5 Å². The average molecular weight is 333 g/mol. The molecule has 1 aromatic rings. The molecule has 1 aromatic carbocycles. The fraction of sp³-hybridized carbons (Fsp3) is 0.462. The van der Waals surface area contributed by atoms with Crippen LogP contribution in [0.3, 0.4) is 0 Å². The fourth-order valence-electron chi connectivity index (χ4n) is 2.14. The van der Waals surface area contributed by atoms with Crippen LogP contribution in [0.15, 0.2) is 18.2 Å². The maximum atomic E-state index is 13.0. The van der Waals surface area contributed by atoms with Gasteiger partial charge in [0.1, 0.15) is 0 Å². The first-order chi connectivity index (χ1) is 10.8. The lowest BCUT2D eigenvalue weighted by atomic mass is 10.1. The highest BCUT2D eigenvalue weighted by Crippen LogP contribution is 2.37. The molecule has 1 aliphatic heterocycles. The number of anilines is 1. The van der Waals surface area contributed by atoms with E-state index in [1.165, 1.54) is 0 Å². The molecule has 0 bridgehead atoms. The average Bonchev–Trinajstić information content (AvgIpc) is 2.47. The summed E-state index contributed by atoms with van der Waals surface area (Å²) >= 11 is 0. The number of amides is 1. The van der Waals surface area contributed by atoms with E-state index in [2.05, 4.69) is 5.32 Å². The van der Waals surface area contributed by atoms with E-state index >= 15 is 0 Å². The summed E-state index contributed by atoms with van der Waals surface area (Å²) in [4.78, 5) is 23.3. The van der Waals surface area contributed by atoms with Crippen molar-refractivity contribution < 1.29 is 27.6 Å². The standard InChI is InChI=1S/C13H14F3N3O4/c14-13(15,16)10-7-9(19(21)22)1-2-11(10)17-12(20)8-18-3-5-23-6-4-18/h1-2,7H,3-6,8H2,(H,17,20). The molecule has 0 aromatic heterocycles. The number of nitrogens with zero attached hydrogens (tertiary/aromatic N) is 2. The van der Waals surface area contributed by atoms with Crippen molar-refractivity contribution in [3.05, 3.63) is 33.9 Å². The largest absolute Gasteiger partial charge is 0.418 e. The van der Waals surface area contributed by atoms with Gasteiger partial charge in [0.2, 0.25) is 5.91 Å². The molecule has 1 heterocycles. The predicted octanol–water partition coefficient (Wildman–Crippen LogP) is 1.88. The summed E-state index contributed by atoms with van der Waals surface area (Å²) in [5.41, 5.74) is -2.44. The number of hydrogen-bond donors (Lipinski definition) is 1. The quantitative estimate of drug-likeness (QED) is 0.672. The molecule has 1 saturated heterocycles. The van der Waals surface area contributed by atoms with Gasteiger partial charge in [-0.1, -0.05) is 0 Å². The van der Waals surface area contributed by atoms with Gasteiger partial charge in [0, 0.05) is 25.2 Å². The molecule has 0 radical (unpaired) electrons. The molecule has 1 aliphatic rings. The topological polar surface area (TPSA) is 84.7 Å². The molecule has 2 rings (SSSR count). The van der Waals surface area contributed by atoms with Crippen LogP contribution in [-0.4, -0.2) is 48.6 Å². The van der Waals surface area contributed by atoms with Crippen LogP contribution in [0.5, 0.6) is 0 Å². The maximum Gasteiger partial charge on any atom is 0.418 e. The Kier molecular flexibility index (Phi) is 5.16. The molecule has 1 fully saturated rings. The Balaban J connectivity index is 2.14. The lowest BCUT2D eigenvalue weighted by Gasteiger charge is -2.26. The third-order valence-electron chi connectivity index (χ3n) is 3.26. The van der Waals surface area contributed by atoms with E-state index in [4.69, 9.17) is 4.74 Å². The number of alkyl halides is 3. The second-order valence-corrected chi connectivity index (χ2v) is 4.92. The monoisotopic (exact) mass is 333 g/mol. The number of nitro groups is 1. The lowest BCUT2D eigenvalue weighted by molar-refractivity contribution is -0.385. The molecule has 10 heteroatoms. The SMILES string of the molecule is O=C(CN1CCOCC1)Nc1ccc([N+](=O)[O-])cc1C(F)(F)F. The van der Waals surface area contributed by atoms with Gasteiger partial charge in [-0.25, -0.2) is 0 Å². The van der Waals surface area contributed by atoms with Gasteiger partial charge < -0.3 is 10.1 Å². The summed E-state index contributed by atoms with van der Waals surface area (Å²) in [6.45, 7) is 1.87. The highest BCUT2D eigenvalue weighted by Gasteiger charge is 2.35. The van der Waals surface area contributed by atoms with Crippen molar-refractivity contribution >= 4 is 17.3 Å². The summed E-state index contributed by atoms with van der Waals surface area (Å²) < 4.78 is 44.1. The minimum atomic E-state index is -4.81. The Morgan fingerprint density at radius 2 is 2.00 bits per heavy atom. The van der Waals surface area contributed by atoms with E-state index in [9.17, 15) is 28.1 Å². The molecule has 1 N–H and O–H groups in total. The van der Waals surface area contributed by atoms with Gasteiger partial charge in [-0.15, -0.1) is 0 Å². The van der Waals surface area contributed by atoms with E-state index < -0.39 is 33.9 Å². The second-order valence-electron chi connectivity index (χ2n) is 4.92. The molecule has 1 amide bonds. The molecule has 0 saturated carbocycles. The molecule has 126 valence electrons. The first-order valence-corrected chi connectivity index (χ1v) is 6.73. The summed E-state index contributed by atoms with van der Waals surface area (Å²) in [5.74, 6) is -0.619. The lowest BCUT2D eigenvalue weighted by Crippen LogP contribution is -2.41. The number of rotatable bonds is 4. The summed E-state index contributed by atoms with van der Waals surface area (Å²) in [7, 11) is 0. The van der Waals surface area contributed by atoms with Gasteiger partial charge in [-0.2, -0.15) is 13.2 Å². The van der Waals surface area contributed by atoms with Crippen molar-refractivity contribution in [2.75, 3.05) is 38.2 Å². The van der Waals surface area contributed by atoms with Gasteiger partial charge in [-0.05, 0) is 6.07 Å². The van der Waals surface area contributed by atoms with Crippen molar-refractivity contribution in [3.8, 4) is 0 Å². The smallest absolute Gasteiger partial charge is 0.379 e. The normalized spacial score (nSPS) is 16.1. The van der Waals surface area contributed by atoms with E-state index in [1.807, 2.05) is 0 Å². The van der Waals surface area contributed by atoms with Gasteiger partial charge >= 0.3 is 6.18 Å². The molecule has 23 heavy (non-hydrogen) atoms. The van der Waals surface area contributed by atoms with Crippen LogP contribution in [0.2, 0.25) is 0 Å². The van der Waals surface area contributed by atoms with E-state index in [0.717, 1.165) is 12.1 Å². The summed E-state index contributed by atoms with van der Waals surface area (Å²) in [6.07, 6.45) is -4.81. The molecule has 7 nitrogen and oxygen atoms in total. The zero-order chi connectivity index (χ0) is 17.0. The van der Waals surface area contributed by atoms with Crippen LogP contribution >= 0.6 is 0 Å². The third kappa shape index (κ3) is 4.63. The number of ether oxygens (including phenoxy) is 1. The minimum absolute atomic E-state index is 0.0718. The van der Waals surface area contributed by atoms with Crippen LogP contribution in [0.1, 0.15) is 5.56 Å². The fourth-order valence-corrected chi connectivity index (χ4v) is 2.14. The molecular weight excluding hydrogens is 319 g/mol. The van der Waals surface area contributed by atoms with Gasteiger partial charge in [0.25, 0.3) is 5.69 Å². The number of morpholine rings is 1. The Bertz CT molecular complexity index is 601. The Hall–Kier alpha value is -2.20. The third-order valence-corrected chi connectivity index (χ3v) is 3.26. The van der Waals surface area contributed by atoms with Crippen LogP contribution in [0, 0.1) is 10.1 Å².